The fourth-order valence-electron chi connectivity index (χ4n) is 1.23. The van der Waals surface area contributed by atoms with Crippen LogP contribution in [0.15, 0.2) is 17.2 Å². The Morgan fingerprint density at radius 2 is 2.39 bits per heavy atom. The minimum atomic E-state index is -1.02. The summed E-state index contributed by atoms with van der Waals surface area (Å²) in [5, 5.41) is 10.5. The van der Waals surface area contributed by atoms with Crippen LogP contribution < -0.4 is 4.98 Å². The Morgan fingerprint density at radius 3 is 3.00 bits per heavy atom. The van der Waals surface area contributed by atoms with Crippen LogP contribution in [0.5, 0.6) is 0 Å². The fraction of sp³-hybridized carbons (Fsp3) is 0.0909. The van der Waals surface area contributed by atoms with Gasteiger partial charge in [0.25, 0.3) is 0 Å². The number of carboxylic acids is 1. The molecule has 0 aromatic carbocycles. The summed E-state index contributed by atoms with van der Waals surface area (Å²) >= 11 is 2.45. The zero-order valence-corrected chi connectivity index (χ0v) is 13.1. The third-order valence-electron chi connectivity index (χ3n) is 2.05. The van der Waals surface area contributed by atoms with Crippen LogP contribution in [0, 0.1) is 0 Å². The first-order valence-electron chi connectivity index (χ1n) is 4.92. The van der Waals surface area contributed by atoms with Crippen molar-refractivity contribution in [1.82, 2.24) is 15.0 Å². The Labute approximate surface area is 118 Å². The SMILES string of the molecule is C/C([CH]=[W])=C/c1ncc(-c2csc(C(=O)O)n2)[n-]1. The Hall–Kier alpha value is -1.39. The Kier molecular flexibility index (Phi) is 3.99. The number of imidazole rings is 1. The van der Waals surface area contributed by atoms with Crippen LogP contribution in [0.4, 0.5) is 0 Å². The van der Waals surface area contributed by atoms with E-state index in [-0.39, 0.29) is 5.01 Å². The molecular weight excluding hydrogens is 422 g/mol. The van der Waals surface area contributed by atoms with Gasteiger partial charge in [-0.1, -0.05) is 0 Å². The van der Waals surface area contributed by atoms with E-state index in [0.29, 0.717) is 17.2 Å². The zero-order chi connectivity index (χ0) is 13.1. The molecule has 7 heteroatoms. The Morgan fingerprint density at radius 1 is 1.61 bits per heavy atom. The molecule has 2 aromatic rings. The number of nitrogens with zero attached hydrogens (tertiary/aromatic N) is 3. The summed E-state index contributed by atoms with van der Waals surface area (Å²) in [6, 6.07) is 0. The standard InChI is InChI=1S/C11H9N3O2S.W/c1-6(2)3-9-12-4-7(13-9)8-5-17-10(14-8)11(15)16;/h1,3-5H,2H3,(H2,12,13,15,16);/p-1/b6-3+;. The number of aromatic nitrogens is 3. The van der Waals surface area contributed by atoms with Gasteiger partial charge in [-0.25, -0.2) is 0 Å². The fourth-order valence-corrected chi connectivity index (χ4v) is 2.12. The van der Waals surface area contributed by atoms with Crippen molar-refractivity contribution in [2.24, 2.45) is 0 Å². The maximum atomic E-state index is 10.7. The quantitative estimate of drug-likeness (QED) is 0.798. The first kappa shape index (κ1) is 13.0. The van der Waals surface area contributed by atoms with E-state index in [9.17, 15) is 4.79 Å². The van der Waals surface area contributed by atoms with E-state index in [2.05, 4.69) is 15.0 Å². The second kappa shape index (κ2) is 5.50. The van der Waals surface area contributed by atoms with E-state index in [1.54, 1.807) is 11.6 Å². The summed E-state index contributed by atoms with van der Waals surface area (Å²) in [5.41, 5.74) is 2.25. The summed E-state index contributed by atoms with van der Waals surface area (Å²) in [5.74, 6) is -0.407. The van der Waals surface area contributed by atoms with E-state index in [1.807, 2.05) is 17.4 Å². The molecule has 0 aliphatic carbocycles. The van der Waals surface area contributed by atoms with Crippen molar-refractivity contribution in [1.29, 1.82) is 0 Å². The topological polar surface area (TPSA) is 77.2 Å². The Bertz CT molecular complexity index is 630. The van der Waals surface area contributed by atoms with Gasteiger partial charge in [-0.15, -0.1) is 0 Å². The molecule has 0 radical (unpaired) electrons. The van der Waals surface area contributed by atoms with Crippen LogP contribution in [0.25, 0.3) is 17.5 Å². The van der Waals surface area contributed by atoms with Gasteiger partial charge in [-0.05, 0) is 0 Å². The van der Waals surface area contributed by atoms with E-state index >= 15 is 0 Å². The summed E-state index contributed by atoms with van der Waals surface area (Å²) in [7, 11) is 0. The van der Waals surface area contributed by atoms with Crippen molar-refractivity contribution in [3.63, 3.8) is 0 Å². The van der Waals surface area contributed by atoms with Gasteiger partial charge in [0.2, 0.25) is 0 Å². The van der Waals surface area contributed by atoms with Crippen LogP contribution in [-0.2, 0) is 19.4 Å². The van der Waals surface area contributed by atoms with Crippen LogP contribution in [-0.4, -0.2) is 25.4 Å². The predicted molar refractivity (Wildman–Crippen MR) is 65.3 cm³/mol. The van der Waals surface area contributed by atoms with Gasteiger partial charge in [0, 0.05) is 0 Å². The van der Waals surface area contributed by atoms with E-state index in [4.69, 9.17) is 5.11 Å². The van der Waals surface area contributed by atoms with Crippen LogP contribution in [0.3, 0.4) is 0 Å². The zero-order valence-electron chi connectivity index (χ0n) is 9.32. The summed E-state index contributed by atoms with van der Waals surface area (Å²) in [6.45, 7) is 1.98. The molecule has 0 amide bonds. The molecule has 18 heavy (non-hydrogen) atoms. The normalized spacial score (nSPS) is 11.5. The molecule has 0 spiro atoms. The van der Waals surface area contributed by atoms with E-state index < -0.39 is 5.97 Å². The van der Waals surface area contributed by atoms with Gasteiger partial charge in [0.1, 0.15) is 0 Å². The van der Waals surface area contributed by atoms with Crippen molar-refractivity contribution in [3.05, 3.63) is 28.0 Å². The van der Waals surface area contributed by atoms with Crippen molar-refractivity contribution < 1.29 is 29.3 Å². The number of rotatable bonds is 4. The number of carbonyl (C=O) groups is 1. The Balaban J connectivity index is 2.29. The van der Waals surface area contributed by atoms with Crippen molar-refractivity contribution in [2.75, 3.05) is 0 Å². The van der Waals surface area contributed by atoms with Crippen LogP contribution in [0.2, 0.25) is 0 Å². The molecule has 0 saturated heterocycles. The minimum absolute atomic E-state index is 0.0618. The molecular formula is C11H8N3O2SW-. The van der Waals surface area contributed by atoms with E-state index in [1.165, 1.54) is 19.4 Å². The summed E-state index contributed by atoms with van der Waals surface area (Å²) < 4.78 is 2.04. The average molecular weight is 430 g/mol. The summed E-state index contributed by atoms with van der Waals surface area (Å²) in [4.78, 5) is 23.2. The number of allylic oxidation sites excluding steroid dienone is 1. The number of hydrogen-bond donors (Lipinski definition) is 1. The number of thiazole rings is 1. The molecule has 0 aliphatic heterocycles. The maximum absolute atomic E-state index is 10.7. The molecule has 0 saturated carbocycles. The van der Waals surface area contributed by atoms with Crippen molar-refractivity contribution in [3.8, 4) is 11.4 Å². The van der Waals surface area contributed by atoms with Gasteiger partial charge in [0.05, 0.1) is 0 Å². The van der Waals surface area contributed by atoms with Gasteiger partial charge < -0.3 is 0 Å². The monoisotopic (exact) mass is 430 g/mol. The first-order chi connectivity index (χ1) is 8.60. The predicted octanol–water partition coefficient (Wildman–Crippen LogP) is 1.61. The van der Waals surface area contributed by atoms with Crippen LogP contribution in [0.1, 0.15) is 22.6 Å². The average Bonchev–Trinajstić information content (AvgIpc) is 2.96. The molecule has 0 unspecified atom stereocenters. The van der Waals surface area contributed by atoms with Gasteiger partial charge >= 0.3 is 118 Å². The van der Waals surface area contributed by atoms with Crippen molar-refractivity contribution >= 4 is 27.8 Å². The molecule has 2 heterocycles. The molecule has 0 aliphatic rings. The molecule has 2 aromatic heterocycles. The number of hydrogen-bond acceptors (Lipinski definition) is 4. The molecule has 0 atom stereocenters. The molecule has 0 bridgehead atoms. The second-order valence-electron chi connectivity index (χ2n) is 3.46. The van der Waals surface area contributed by atoms with Crippen LogP contribution >= 0.6 is 11.3 Å². The molecule has 5 nitrogen and oxygen atoms in total. The number of aromatic carboxylic acids is 1. The second-order valence-corrected chi connectivity index (χ2v) is 5.17. The van der Waals surface area contributed by atoms with Gasteiger partial charge in [0.15, 0.2) is 0 Å². The third-order valence-corrected chi connectivity index (χ3v) is 4.21. The first-order valence-corrected chi connectivity index (χ1v) is 7.50. The van der Waals surface area contributed by atoms with E-state index in [0.717, 1.165) is 16.9 Å². The van der Waals surface area contributed by atoms with Gasteiger partial charge in [-0.3, -0.25) is 0 Å². The van der Waals surface area contributed by atoms with Gasteiger partial charge in [-0.2, -0.15) is 0 Å². The molecule has 2 rings (SSSR count). The third kappa shape index (κ3) is 2.89. The summed E-state index contributed by atoms with van der Waals surface area (Å²) in [6.07, 6.45) is 3.48. The number of carboxylic acid groups (broad SMARTS) is 1. The molecule has 0 fully saturated rings. The van der Waals surface area contributed by atoms with Crippen molar-refractivity contribution in [2.45, 2.75) is 6.92 Å². The molecule has 92 valence electrons. The molecule has 1 N–H and O–H groups in total.